The Morgan fingerprint density at radius 3 is 1.83 bits per heavy atom. The number of pyridine rings is 1. The molecule has 0 unspecified atom stereocenters. The predicted molar refractivity (Wildman–Crippen MR) is 197 cm³/mol. The third kappa shape index (κ3) is 4.03. The van der Waals surface area contributed by atoms with Gasteiger partial charge in [-0.05, 0) is 51.4 Å². The van der Waals surface area contributed by atoms with E-state index >= 15 is 0 Å². The molecule has 4 heteroatoms. The van der Waals surface area contributed by atoms with E-state index in [1.807, 2.05) is 12.1 Å². The summed E-state index contributed by atoms with van der Waals surface area (Å²) in [5, 5.41) is 15.2. The van der Waals surface area contributed by atoms with E-state index in [9.17, 15) is 0 Å². The smallest absolute Gasteiger partial charge is 0.169 e. The Morgan fingerprint density at radius 1 is 0.396 bits per heavy atom. The normalized spacial score (nSPS) is 11.8. The van der Waals surface area contributed by atoms with Crippen LogP contribution in [0.25, 0.3) is 94.0 Å². The zero-order valence-electron chi connectivity index (χ0n) is 25.8. The van der Waals surface area contributed by atoms with Gasteiger partial charge in [-0.3, -0.25) is 4.40 Å². The van der Waals surface area contributed by atoms with E-state index in [-0.39, 0.29) is 0 Å². The fourth-order valence-electron chi connectivity index (χ4n) is 7.28. The van der Waals surface area contributed by atoms with Gasteiger partial charge in [-0.15, -0.1) is 10.2 Å². The van der Waals surface area contributed by atoms with Gasteiger partial charge >= 0.3 is 0 Å². The Hall–Kier alpha value is -6.52. The van der Waals surface area contributed by atoms with Crippen LogP contribution in [0, 0.1) is 0 Å². The minimum absolute atomic E-state index is 0.812. The SMILES string of the molecule is c1ccc(-c2ccccc2-c2ccc3c(c2)c2ccccc2c2nnc(-c4ccc(-c5cccc6c5oc5ccccc56)cc4)n32)cc1. The average molecular weight is 614 g/mol. The summed E-state index contributed by atoms with van der Waals surface area (Å²) >= 11 is 0. The molecule has 0 saturated carbocycles. The molecule has 0 fully saturated rings. The van der Waals surface area contributed by atoms with Crippen LogP contribution in [0.2, 0.25) is 0 Å². The first-order chi connectivity index (χ1) is 23.8. The molecular weight excluding hydrogens is 587 g/mol. The summed E-state index contributed by atoms with van der Waals surface area (Å²) in [6.07, 6.45) is 0. The first-order valence-electron chi connectivity index (χ1n) is 16.2. The molecule has 0 aliphatic carbocycles. The Balaban J connectivity index is 1.14. The van der Waals surface area contributed by atoms with Gasteiger partial charge in [-0.1, -0.05) is 146 Å². The van der Waals surface area contributed by atoms with Crippen LogP contribution in [0.5, 0.6) is 0 Å². The van der Waals surface area contributed by atoms with E-state index in [1.54, 1.807) is 0 Å². The molecule has 3 aromatic heterocycles. The zero-order chi connectivity index (χ0) is 31.6. The lowest BCUT2D eigenvalue weighted by molar-refractivity contribution is 0.670. The third-order valence-corrected chi connectivity index (χ3v) is 9.54. The fraction of sp³-hybridized carbons (Fsp3) is 0. The van der Waals surface area contributed by atoms with Crippen LogP contribution < -0.4 is 0 Å². The Labute approximate surface area is 276 Å². The van der Waals surface area contributed by atoms with Crippen LogP contribution in [0.3, 0.4) is 0 Å². The highest BCUT2D eigenvalue weighted by atomic mass is 16.3. The molecule has 0 atom stereocenters. The highest BCUT2D eigenvalue weighted by Crippen LogP contribution is 2.39. The Kier molecular flexibility index (Phi) is 5.84. The number of aromatic nitrogens is 3. The second kappa shape index (κ2) is 10.5. The van der Waals surface area contributed by atoms with Gasteiger partial charge in [0.2, 0.25) is 0 Å². The number of fused-ring (bicyclic) bond motifs is 9. The molecule has 0 amide bonds. The second-order valence-electron chi connectivity index (χ2n) is 12.2. The Bertz CT molecular complexity index is 2830. The quantitative estimate of drug-likeness (QED) is 0.186. The van der Waals surface area contributed by atoms with Crippen LogP contribution in [0.15, 0.2) is 168 Å². The van der Waals surface area contributed by atoms with Crippen molar-refractivity contribution in [2.45, 2.75) is 0 Å². The van der Waals surface area contributed by atoms with Gasteiger partial charge in [0, 0.05) is 32.7 Å². The van der Waals surface area contributed by atoms with Crippen LogP contribution in [0.4, 0.5) is 0 Å². The van der Waals surface area contributed by atoms with Crippen molar-refractivity contribution in [3.63, 3.8) is 0 Å². The monoisotopic (exact) mass is 613 g/mol. The molecular formula is C44H27N3O. The van der Waals surface area contributed by atoms with E-state index in [0.717, 1.165) is 71.8 Å². The van der Waals surface area contributed by atoms with Crippen molar-refractivity contribution in [3.8, 4) is 44.8 Å². The maximum absolute atomic E-state index is 6.33. The molecule has 0 aliphatic heterocycles. The maximum Gasteiger partial charge on any atom is 0.169 e. The minimum Gasteiger partial charge on any atom is -0.455 e. The van der Waals surface area contributed by atoms with Gasteiger partial charge in [-0.2, -0.15) is 0 Å². The summed E-state index contributed by atoms with van der Waals surface area (Å²) in [6, 6.07) is 57.6. The minimum atomic E-state index is 0.812. The lowest BCUT2D eigenvalue weighted by Crippen LogP contribution is -1.95. The highest BCUT2D eigenvalue weighted by molar-refractivity contribution is 6.13. The van der Waals surface area contributed by atoms with Gasteiger partial charge < -0.3 is 4.42 Å². The molecule has 224 valence electrons. The molecule has 7 aromatic carbocycles. The third-order valence-electron chi connectivity index (χ3n) is 9.54. The maximum atomic E-state index is 6.33. The summed E-state index contributed by atoms with van der Waals surface area (Å²) in [5.41, 5.74) is 11.7. The predicted octanol–water partition coefficient (Wildman–Crippen LogP) is 11.6. The number of rotatable bonds is 4. The number of para-hydroxylation sites is 2. The highest BCUT2D eigenvalue weighted by Gasteiger charge is 2.18. The van der Waals surface area contributed by atoms with Crippen molar-refractivity contribution in [1.29, 1.82) is 0 Å². The number of hydrogen-bond acceptors (Lipinski definition) is 3. The average Bonchev–Trinajstić information content (AvgIpc) is 3.78. The topological polar surface area (TPSA) is 43.3 Å². The number of hydrogen-bond donors (Lipinski definition) is 0. The van der Waals surface area contributed by atoms with Gasteiger partial charge in [0.1, 0.15) is 11.2 Å². The Morgan fingerprint density at radius 2 is 1.00 bits per heavy atom. The van der Waals surface area contributed by atoms with Crippen molar-refractivity contribution < 1.29 is 4.42 Å². The molecule has 0 saturated heterocycles. The van der Waals surface area contributed by atoms with E-state index in [4.69, 9.17) is 14.6 Å². The van der Waals surface area contributed by atoms with Crippen molar-refractivity contribution in [3.05, 3.63) is 164 Å². The van der Waals surface area contributed by atoms with E-state index in [2.05, 4.69) is 156 Å². The molecule has 0 N–H and O–H groups in total. The molecule has 48 heavy (non-hydrogen) atoms. The largest absolute Gasteiger partial charge is 0.455 e. The van der Waals surface area contributed by atoms with Crippen molar-refractivity contribution >= 4 is 49.3 Å². The number of nitrogens with zero attached hydrogens (tertiary/aromatic N) is 3. The van der Waals surface area contributed by atoms with Crippen LogP contribution in [-0.2, 0) is 0 Å². The molecule has 4 nitrogen and oxygen atoms in total. The summed E-state index contributed by atoms with van der Waals surface area (Å²) < 4.78 is 8.54. The first-order valence-corrected chi connectivity index (χ1v) is 16.2. The van der Waals surface area contributed by atoms with E-state index in [1.165, 1.54) is 22.3 Å². The fourth-order valence-corrected chi connectivity index (χ4v) is 7.28. The van der Waals surface area contributed by atoms with Crippen LogP contribution in [-0.4, -0.2) is 14.6 Å². The first kappa shape index (κ1) is 26.7. The van der Waals surface area contributed by atoms with E-state index in [0.29, 0.717) is 0 Å². The summed E-state index contributed by atoms with van der Waals surface area (Å²) in [6.45, 7) is 0. The van der Waals surface area contributed by atoms with Crippen LogP contribution >= 0.6 is 0 Å². The van der Waals surface area contributed by atoms with Gasteiger partial charge in [0.15, 0.2) is 11.5 Å². The number of furan rings is 1. The molecule has 10 rings (SSSR count). The molecule has 0 aliphatic rings. The molecule has 3 heterocycles. The number of benzene rings is 7. The second-order valence-corrected chi connectivity index (χ2v) is 12.2. The lowest BCUT2D eigenvalue weighted by atomic mass is 9.93. The molecule has 0 spiro atoms. The van der Waals surface area contributed by atoms with Crippen molar-refractivity contribution in [1.82, 2.24) is 14.6 Å². The molecule has 0 radical (unpaired) electrons. The van der Waals surface area contributed by atoms with Crippen LogP contribution in [0.1, 0.15) is 0 Å². The van der Waals surface area contributed by atoms with Crippen molar-refractivity contribution in [2.75, 3.05) is 0 Å². The lowest BCUT2D eigenvalue weighted by Gasteiger charge is -2.14. The summed E-state index contributed by atoms with van der Waals surface area (Å²) in [4.78, 5) is 0. The molecule has 10 aromatic rings. The summed E-state index contributed by atoms with van der Waals surface area (Å²) in [5.74, 6) is 0.812. The zero-order valence-corrected chi connectivity index (χ0v) is 25.8. The van der Waals surface area contributed by atoms with Crippen molar-refractivity contribution in [2.24, 2.45) is 0 Å². The van der Waals surface area contributed by atoms with Gasteiger partial charge in [0.05, 0.1) is 5.52 Å². The van der Waals surface area contributed by atoms with Gasteiger partial charge in [0.25, 0.3) is 0 Å². The van der Waals surface area contributed by atoms with E-state index < -0.39 is 0 Å². The van der Waals surface area contributed by atoms with Gasteiger partial charge in [-0.25, -0.2) is 0 Å². The summed E-state index contributed by atoms with van der Waals surface area (Å²) in [7, 11) is 0. The molecule has 0 bridgehead atoms. The standard InChI is InChI=1S/C44H27N3O/c1-2-11-28(12-3-1)32-13-4-5-14-33(32)31-25-26-40-39(27-31)35-15-6-7-17-38(35)44-46-45-43(47(40)44)30-23-21-29(22-24-30)34-18-10-19-37-36-16-8-9-20-41(36)48-42(34)37/h1-27H.